The van der Waals surface area contributed by atoms with Crippen LogP contribution in [0.4, 0.5) is 5.69 Å². The minimum Gasteiger partial charge on any atom is -0.506 e. The second-order valence-electron chi connectivity index (χ2n) is 5.17. The van der Waals surface area contributed by atoms with Crippen LogP contribution in [-0.2, 0) is 4.79 Å². The summed E-state index contributed by atoms with van der Waals surface area (Å²) in [5.41, 5.74) is 1.77. The van der Waals surface area contributed by atoms with Crippen LogP contribution in [0.3, 0.4) is 0 Å². The molecule has 0 unspecified atom stereocenters. The number of benzene rings is 2. The van der Waals surface area contributed by atoms with Crippen LogP contribution in [0, 0.1) is 6.92 Å². The normalized spacial score (nSPS) is 17.5. The molecule has 0 bridgehead atoms. The fourth-order valence-corrected chi connectivity index (χ4v) is 2.98. The third-order valence-electron chi connectivity index (χ3n) is 3.38. The first kappa shape index (κ1) is 15.9. The van der Waals surface area contributed by atoms with E-state index < -0.39 is 0 Å². The van der Waals surface area contributed by atoms with Crippen molar-refractivity contribution in [3.8, 4) is 17.2 Å². The summed E-state index contributed by atoms with van der Waals surface area (Å²) in [5.74, 6) is -0.762. The van der Waals surface area contributed by atoms with Crippen molar-refractivity contribution in [1.29, 1.82) is 0 Å². The molecule has 1 fully saturated rings. The molecule has 6 nitrogen and oxygen atoms in total. The predicted octanol–water partition coefficient (Wildman–Crippen LogP) is 3.00. The van der Waals surface area contributed by atoms with Crippen molar-refractivity contribution in [3.05, 3.63) is 52.4 Å². The summed E-state index contributed by atoms with van der Waals surface area (Å²) in [5, 5.41) is 31.7. The van der Waals surface area contributed by atoms with Crippen LogP contribution in [0.1, 0.15) is 11.1 Å². The van der Waals surface area contributed by atoms with Gasteiger partial charge in [0.05, 0.1) is 4.91 Å². The first-order valence-corrected chi connectivity index (χ1v) is 7.86. The summed E-state index contributed by atoms with van der Waals surface area (Å²) in [6, 6.07) is 9.36. The van der Waals surface area contributed by atoms with Gasteiger partial charge in [0.2, 0.25) is 0 Å². The van der Waals surface area contributed by atoms with E-state index in [4.69, 9.17) is 0 Å². The second-order valence-corrected chi connectivity index (χ2v) is 6.20. The molecule has 0 atom stereocenters. The average molecular weight is 342 g/mol. The minimum atomic E-state index is -0.320. The van der Waals surface area contributed by atoms with Crippen LogP contribution in [0.5, 0.6) is 17.2 Å². The molecule has 3 rings (SSSR count). The monoisotopic (exact) mass is 342 g/mol. The molecule has 1 aliphatic heterocycles. The smallest absolute Gasteiger partial charge is 0.264 e. The third-order valence-corrected chi connectivity index (χ3v) is 4.29. The van der Waals surface area contributed by atoms with Gasteiger partial charge in [-0.1, -0.05) is 18.2 Å². The lowest BCUT2D eigenvalue weighted by molar-refractivity contribution is -0.115. The largest absolute Gasteiger partial charge is 0.506 e. The van der Waals surface area contributed by atoms with Crippen molar-refractivity contribution in [2.75, 3.05) is 0 Å². The Balaban J connectivity index is 1.89. The molecule has 0 aromatic heterocycles. The van der Waals surface area contributed by atoms with Gasteiger partial charge in [0.15, 0.2) is 16.7 Å². The van der Waals surface area contributed by atoms with Crippen molar-refractivity contribution >= 4 is 34.6 Å². The number of phenolic OH excluding ortho intramolecular Hbond substituents is 3. The van der Waals surface area contributed by atoms with Gasteiger partial charge in [-0.25, -0.2) is 4.99 Å². The van der Waals surface area contributed by atoms with E-state index in [9.17, 15) is 20.1 Å². The van der Waals surface area contributed by atoms with Gasteiger partial charge in [-0.2, -0.15) is 0 Å². The molecule has 2 aromatic carbocycles. The Morgan fingerprint density at radius 2 is 1.88 bits per heavy atom. The Labute approximate surface area is 142 Å². The first-order chi connectivity index (χ1) is 11.4. The van der Waals surface area contributed by atoms with Crippen molar-refractivity contribution in [3.63, 3.8) is 0 Å². The van der Waals surface area contributed by atoms with Crippen LogP contribution < -0.4 is 5.32 Å². The second kappa shape index (κ2) is 6.29. The zero-order valence-corrected chi connectivity index (χ0v) is 13.5. The van der Waals surface area contributed by atoms with Gasteiger partial charge in [0, 0.05) is 0 Å². The topological polar surface area (TPSA) is 102 Å². The maximum Gasteiger partial charge on any atom is 0.264 e. The Hall–Kier alpha value is -2.93. The van der Waals surface area contributed by atoms with Crippen molar-refractivity contribution in [1.82, 2.24) is 5.32 Å². The molecule has 0 radical (unpaired) electrons. The first-order valence-electron chi connectivity index (χ1n) is 7.04. The van der Waals surface area contributed by atoms with E-state index in [0.717, 1.165) is 17.3 Å². The lowest BCUT2D eigenvalue weighted by Crippen LogP contribution is -2.19. The lowest BCUT2D eigenvalue weighted by atomic mass is 10.2. The Bertz CT molecular complexity index is 870. The van der Waals surface area contributed by atoms with Gasteiger partial charge >= 0.3 is 0 Å². The number of rotatable bonds is 2. The number of hydrogen-bond donors (Lipinski definition) is 4. The van der Waals surface area contributed by atoms with Gasteiger partial charge in [-0.15, -0.1) is 0 Å². The molecule has 4 N–H and O–H groups in total. The average Bonchev–Trinajstić information content (AvgIpc) is 2.87. The molecule has 0 aliphatic carbocycles. The van der Waals surface area contributed by atoms with E-state index in [0.29, 0.717) is 21.3 Å². The van der Waals surface area contributed by atoms with E-state index in [1.807, 2.05) is 13.0 Å². The highest BCUT2D eigenvalue weighted by molar-refractivity contribution is 8.18. The fraction of sp³-hybridized carbons (Fsp3) is 0.0588. The van der Waals surface area contributed by atoms with Crippen LogP contribution >= 0.6 is 11.8 Å². The summed E-state index contributed by atoms with van der Waals surface area (Å²) >= 11 is 1.13. The van der Waals surface area contributed by atoms with E-state index in [1.54, 1.807) is 18.2 Å². The molecule has 24 heavy (non-hydrogen) atoms. The Morgan fingerprint density at radius 3 is 2.58 bits per heavy atom. The van der Waals surface area contributed by atoms with E-state index in [2.05, 4.69) is 10.3 Å². The van der Waals surface area contributed by atoms with Crippen molar-refractivity contribution in [2.24, 2.45) is 4.99 Å². The summed E-state index contributed by atoms with van der Waals surface area (Å²) in [4.78, 5) is 16.7. The molecular formula is C17H14N2O4S. The number of aromatic hydroxyl groups is 3. The molecule has 1 amide bonds. The van der Waals surface area contributed by atoms with Gasteiger partial charge in [0.1, 0.15) is 11.4 Å². The molecule has 1 saturated heterocycles. The molecule has 2 aromatic rings. The van der Waals surface area contributed by atoms with Crippen LogP contribution in [-0.4, -0.2) is 26.4 Å². The highest BCUT2D eigenvalue weighted by Crippen LogP contribution is 2.34. The van der Waals surface area contributed by atoms with E-state index >= 15 is 0 Å². The number of para-hydroxylation sites is 1. The van der Waals surface area contributed by atoms with Gasteiger partial charge in [0.25, 0.3) is 5.91 Å². The molecule has 0 spiro atoms. The number of aliphatic imine (C=N–C) groups is 1. The number of thioether (sulfide) groups is 1. The Morgan fingerprint density at radius 1 is 1.08 bits per heavy atom. The van der Waals surface area contributed by atoms with Crippen LogP contribution in [0.15, 0.2) is 46.3 Å². The van der Waals surface area contributed by atoms with Crippen molar-refractivity contribution < 1.29 is 20.1 Å². The predicted molar refractivity (Wildman–Crippen MR) is 93.4 cm³/mol. The molecule has 122 valence electrons. The number of amidine groups is 1. The number of carbonyl (C=O) groups excluding carboxylic acids is 1. The van der Waals surface area contributed by atoms with Gasteiger partial charge < -0.3 is 20.6 Å². The number of nitrogens with one attached hydrogen (secondary N) is 1. The summed E-state index contributed by atoms with van der Waals surface area (Å²) in [6.45, 7) is 1.82. The molecule has 1 heterocycles. The van der Waals surface area contributed by atoms with Crippen molar-refractivity contribution in [2.45, 2.75) is 6.92 Å². The number of phenols is 3. The summed E-state index contributed by atoms with van der Waals surface area (Å²) in [7, 11) is 0. The summed E-state index contributed by atoms with van der Waals surface area (Å²) < 4.78 is 0. The summed E-state index contributed by atoms with van der Waals surface area (Å²) in [6.07, 6.45) is 1.58. The minimum absolute atomic E-state index is 0.0400. The van der Waals surface area contributed by atoms with E-state index in [-0.39, 0.29) is 23.2 Å². The maximum absolute atomic E-state index is 12.0. The quantitative estimate of drug-likeness (QED) is 0.496. The number of carbonyl (C=O) groups is 1. The number of nitrogens with zero attached hydrogens (tertiary/aromatic N) is 1. The number of aryl methyl sites for hydroxylation is 1. The fourth-order valence-electron chi connectivity index (χ4n) is 2.15. The Kier molecular flexibility index (Phi) is 4.18. The highest BCUT2D eigenvalue weighted by atomic mass is 32.2. The van der Waals surface area contributed by atoms with Gasteiger partial charge in [-0.05, 0) is 54.1 Å². The van der Waals surface area contributed by atoms with Crippen LogP contribution in [0.2, 0.25) is 0 Å². The zero-order valence-electron chi connectivity index (χ0n) is 12.6. The number of amides is 1. The maximum atomic E-state index is 12.0. The zero-order chi connectivity index (χ0) is 17.3. The highest BCUT2D eigenvalue weighted by Gasteiger charge is 2.24. The molecular weight excluding hydrogens is 328 g/mol. The lowest BCUT2D eigenvalue weighted by Gasteiger charge is -2.03. The molecule has 7 heteroatoms. The van der Waals surface area contributed by atoms with Crippen LogP contribution in [0.25, 0.3) is 6.08 Å². The molecule has 1 aliphatic rings. The standard InChI is InChI=1S/C17H14N2O4S/c1-9-3-2-4-12(21)15(9)18-17-19-16(23)14(24-17)8-10-5-6-11(20)13(22)7-10/h2-8,20-22H,1H3,(H,18,19,23)/b14-8-. The molecule has 0 saturated carbocycles. The number of hydrogen-bond acceptors (Lipinski definition) is 6. The van der Waals surface area contributed by atoms with Gasteiger partial charge in [-0.3, -0.25) is 4.79 Å². The van der Waals surface area contributed by atoms with E-state index in [1.165, 1.54) is 18.2 Å². The third kappa shape index (κ3) is 3.21. The SMILES string of the molecule is Cc1cccc(O)c1N=C1NC(=O)/C(=C/c2ccc(O)c(O)c2)S1.